The summed E-state index contributed by atoms with van der Waals surface area (Å²) in [6, 6.07) is 0. The molecule has 16 heavy (non-hydrogen) atoms. The Balaban J connectivity index is 3.05. The number of hydrogen-bond acceptors (Lipinski definition) is 5. The average Bonchev–Trinajstić information content (AvgIpc) is 2.49. The van der Waals surface area contributed by atoms with Crippen LogP contribution in [0.2, 0.25) is 0 Å². The third kappa shape index (κ3) is 3.08. The first-order valence-corrected chi connectivity index (χ1v) is 4.95. The third-order valence-electron chi connectivity index (χ3n) is 1.81. The lowest BCUT2D eigenvalue weighted by molar-refractivity contribution is -0.117. The molecule has 1 rings (SSSR count). The summed E-state index contributed by atoms with van der Waals surface area (Å²) in [5.41, 5.74) is 0. The number of nitrogens with zero attached hydrogens (tertiary/aromatic N) is 4. The molecule has 0 aliphatic rings. The molecule has 0 fully saturated rings. The molecule has 0 saturated heterocycles. The van der Waals surface area contributed by atoms with Crippen LogP contribution in [-0.4, -0.2) is 32.7 Å². The summed E-state index contributed by atoms with van der Waals surface area (Å²) in [7, 11) is 0. The van der Waals surface area contributed by atoms with Crippen LogP contribution in [0.25, 0.3) is 0 Å². The molecular weight excluding hydrogens is 208 g/mol. The molecule has 1 heterocycles. The van der Waals surface area contributed by atoms with E-state index in [1.165, 1.54) is 18.5 Å². The van der Waals surface area contributed by atoms with Crippen LogP contribution in [0.5, 0.6) is 0 Å². The molecule has 0 atom stereocenters. The normalized spacial score (nSPS) is 10.9. The molecule has 0 unspecified atom stereocenters. The summed E-state index contributed by atoms with van der Waals surface area (Å²) in [6.07, 6.45) is 1.90. The van der Waals surface area contributed by atoms with E-state index in [1.54, 1.807) is 13.1 Å². The van der Waals surface area contributed by atoms with Crippen LogP contribution in [-0.2, 0) is 22.4 Å². The van der Waals surface area contributed by atoms with Crippen molar-refractivity contribution in [3.63, 3.8) is 0 Å². The van der Waals surface area contributed by atoms with Crippen molar-refractivity contribution in [2.45, 2.75) is 33.6 Å². The molecule has 1 aromatic heterocycles. The fraction of sp³-hybridized carbons (Fsp3) is 0.500. The monoisotopic (exact) mass is 222 g/mol. The topological polar surface area (TPSA) is 77.2 Å². The lowest BCUT2D eigenvalue weighted by atomic mass is 10.3. The van der Waals surface area contributed by atoms with Gasteiger partial charge in [-0.15, -0.1) is 10.2 Å². The maximum atomic E-state index is 11.0. The quantitative estimate of drug-likeness (QED) is 0.675. The zero-order chi connectivity index (χ0) is 12.1. The predicted octanol–water partition coefficient (Wildman–Crippen LogP) is 0.395. The summed E-state index contributed by atoms with van der Waals surface area (Å²) >= 11 is 0. The standard InChI is InChI=1S/C10H14N4O2/c1-4-11-14-9(5-7(2)15)12-13-10(14)6-8(3)16/h4H,5-6H2,1-3H3. The molecule has 0 amide bonds. The van der Waals surface area contributed by atoms with Crippen LogP contribution in [0.4, 0.5) is 0 Å². The van der Waals surface area contributed by atoms with Crippen LogP contribution < -0.4 is 0 Å². The highest BCUT2D eigenvalue weighted by Gasteiger charge is 2.13. The number of hydrogen-bond donors (Lipinski definition) is 0. The Labute approximate surface area is 93.4 Å². The van der Waals surface area contributed by atoms with E-state index in [4.69, 9.17) is 0 Å². The summed E-state index contributed by atoms with van der Waals surface area (Å²) in [6.45, 7) is 4.69. The van der Waals surface area contributed by atoms with E-state index in [-0.39, 0.29) is 24.4 Å². The molecule has 6 nitrogen and oxygen atoms in total. The molecule has 0 saturated carbocycles. The van der Waals surface area contributed by atoms with Gasteiger partial charge in [0.2, 0.25) is 0 Å². The summed E-state index contributed by atoms with van der Waals surface area (Å²) in [5.74, 6) is 0.882. The van der Waals surface area contributed by atoms with Gasteiger partial charge in [-0.25, -0.2) is 4.68 Å². The Morgan fingerprint density at radius 1 is 1.19 bits per heavy atom. The van der Waals surface area contributed by atoms with Gasteiger partial charge in [-0.1, -0.05) is 0 Å². The van der Waals surface area contributed by atoms with Crippen molar-refractivity contribution in [3.8, 4) is 0 Å². The second-order valence-corrected chi connectivity index (χ2v) is 3.48. The molecule has 0 radical (unpaired) electrons. The van der Waals surface area contributed by atoms with Crippen molar-refractivity contribution in [1.29, 1.82) is 0 Å². The van der Waals surface area contributed by atoms with Gasteiger partial charge in [0.05, 0.1) is 12.8 Å². The number of carbonyl (C=O) groups is 2. The zero-order valence-electron chi connectivity index (χ0n) is 9.60. The van der Waals surface area contributed by atoms with E-state index in [2.05, 4.69) is 15.3 Å². The fourth-order valence-corrected chi connectivity index (χ4v) is 1.26. The molecule has 0 spiro atoms. The van der Waals surface area contributed by atoms with Crippen molar-refractivity contribution >= 4 is 17.8 Å². The minimum atomic E-state index is -0.0191. The van der Waals surface area contributed by atoms with Gasteiger partial charge in [0, 0.05) is 6.21 Å². The van der Waals surface area contributed by atoms with Gasteiger partial charge >= 0.3 is 0 Å². The molecule has 0 bridgehead atoms. The van der Waals surface area contributed by atoms with Gasteiger partial charge in [0.1, 0.15) is 11.6 Å². The molecule has 0 aromatic carbocycles. The molecule has 86 valence electrons. The highest BCUT2D eigenvalue weighted by Crippen LogP contribution is 2.04. The van der Waals surface area contributed by atoms with E-state index in [0.29, 0.717) is 11.6 Å². The Kier molecular flexibility index (Phi) is 4.04. The van der Waals surface area contributed by atoms with Gasteiger partial charge in [-0.05, 0) is 20.8 Å². The molecule has 0 aliphatic carbocycles. The van der Waals surface area contributed by atoms with Crippen LogP contribution in [0.1, 0.15) is 32.4 Å². The average molecular weight is 222 g/mol. The Bertz CT molecular complexity index is 401. The van der Waals surface area contributed by atoms with Crippen LogP contribution >= 0.6 is 0 Å². The van der Waals surface area contributed by atoms with Gasteiger partial charge in [-0.3, -0.25) is 9.59 Å². The van der Waals surface area contributed by atoms with Crippen LogP contribution in [0, 0.1) is 0 Å². The van der Waals surface area contributed by atoms with Gasteiger partial charge in [0.25, 0.3) is 0 Å². The highest BCUT2D eigenvalue weighted by molar-refractivity contribution is 5.78. The predicted molar refractivity (Wildman–Crippen MR) is 58.4 cm³/mol. The van der Waals surface area contributed by atoms with Crippen molar-refractivity contribution in [3.05, 3.63) is 11.6 Å². The van der Waals surface area contributed by atoms with Crippen molar-refractivity contribution in [2.24, 2.45) is 5.10 Å². The molecular formula is C10H14N4O2. The summed E-state index contributed by atoms with van der Waals surface area (Å²) in [4.78, 5) is 22.0. The molecule has 6 heteroatoms. The fourth-order valence-electron chi connectivity index (χ4n) is 1.26. The van der Waals surface area contributed by atoms with E-state index >= 15 is 0 Å². The molecule has 0 aliphatic heterocycles. The first-order chi connectivity index (χ1) is 7.54. The molecule has 1 aromatic rings. The second kappa shape index (κ2) is 5.29. The van der Waals surface area contributed by atoms with Crippen molar-refractivity contribution in [2.75, 3.05) is 0 Å². The third-order valence-corrected chi connectivity index (χ3v) is 1.81. The number of ketones is 2. The lowest BCUT2D eigenvalue weighted by Gasteiger charge is -2.01. The van der Waals surface area contributed by atoms with E-state index in [1.807, 2.05) is 0 Å². The highest BCUT2D eigenvalue weighted by atomic mass is 16.1. The maximum Gasteiger partial charge on any atom is 0.161 e. The Hall–Kier alpha value is -1.85. The van der Waals surface area contributed by atoms with Crippen molar-refractivity contribution < 1.29 is 9.59 Å². The number of rotatable bonds is 5. The van der Waals surface area contributed by atoms with E-state index in [0.717, 1.165) is 0 Å². The van der Waals surface area contributed by atoms with E-state index in [9.17, 15) is 9.59 Å². The number of aromatic nitrogens is 3. The minimum absolute atomic E-state index is 0.0191. The Morgan fingerprint density at radius 3 is 1.94 bits per heavy atom. The summed E-state index contributed by atoms with van der Waals surface area (Å²) < 4.78 is 1.45. The largest absolute Gasteiger partial charge is 0.300 e. The van der Waals surface area contributed by atoms with Crippen molar-refractivity contribution in [1.82, 2.24) is 14.9 Å². The summed E-state index contributed by atoms with van der Waals surface area (Å²) in [5, 5.41) is 11.7. The maximum absolute atomic E-state index is 11.0. The number of carbonyl (C=O) groups excluding carboxylic acids is 2. The number of Topliss-reactive ketones (excluding diaryl/α,β-unsaturated/α-hetero) is 2. The van der Waals surface area contributed by atoms with Gasteiger partial charge in [-0.2, -0.15) is 5.10 Å². The van der Waals surface area contributed by atoms with E-state index < -0.39 is 0 Å². The van der Waals surface area contributed by atoms with Crippen LogP contribution in [0.3, 0.4) is 0 Å². The first-order valence-electron chi connectivity index (χ1n) is 4.95. The minimum Gasteiger partial charge on any atom is -0.300 e. The van der Waals surface area contributed by atoms with Gasteiger partial charge < -0.3 is 0 Å². The SMILES string of the molecule is CC=Nn1c(CC(C)=O)nnc1CC(C)=O. The Morgan fingerprint density at radius 2 is 1.62 bits per heavy atom. The van der Waals surface area contributed by atoms with Crippen LogP contribution in [0.15, 0.2) is 5.10 Å². The second-order valence-electron chi connectivity index (χ2n) is 3.48. The zero-order valence-corrected chi connectivity index (χ0v) is 9.60. The first kappa shape index (κ1) is 12.2. The smallest absolute Gasteiger partial charge is 0.161 e. The lowest BCUT2D eigenvalue weighted by Crippen LogP contribution is -2.09. The molecule has 0 N–H and O–H groups in total. The van der Waals surface area contributed by atoms with Gasteiger partial charge in [0.15, 0.2) is 11.6 Å².